The van der Waals surface area contributed by atoms with E-state index in [-0.39, 0.29) is 17.4 Å². The molecule has 2 unspecified atom stereocenters. The normalized spacial score (nSPS) is 27.4. The summed E-state index contributed by atoms with van der Waals surface area (Å²) >= 11 is 0. The molecule has 2 atom stereocenters. The van der Waals surface area contributed by atoms with Crippen LogP contribution in [0.2, 0.25) is 0 Å². The molecule has 4 heteroatoms. The van der Waals surface area contributed by atoms with Crippen LogP contribution in [0.5, 0.6) is 0 Å². The summed E-state index contributed by atoms with van der Waals surface area (Å²) in [6, 6.07) is 5.21. The largest absolute Gasteiger partial charge is 0.396 e. The lowest BCUT2D eigenvalue weighted by Crippen LogP contribution is -2.37. The zero-order chi connectivity index (χ0) is 12.7. The standard InChI is InChI=1S/C14H17FN2O/c15-11-5-4-9(7-12(11)16)10-8-13(10)17-6-2-1-3-14(17)18/h4-5,7,10,13H,1-3,6,8,16H2. The summed E-state index contributed by atoms with van der Waals surface area (Å²) in [5.74, 6) is 0.240. The van der Waals surface area contributed by atoms with Gasteiger partial charge in [0.1, 0.15) is 5.82 Å². The number of carbonyl (C=O) groups is 1. The Labute approximate surface area is 106 Å². The number of anilines is 1. The molecule has 1 saturated heterocycles. The van der Waals surface area contributed by atoms with Crippen molar-refractivity contribution >= 4 is 11.6 Å². The van der Waals surface area contributed by atoms with E-state index >= 15 is 0 Å². The van der Waals surface area contributed by atoms with Gasteiger partial charge in [0.2, 0.25) is 5.91 Å². The summed E-state index contributed by atoms with van der Waals surface area (Å²) in [5, 5.41) is 0. The predicted molar refractivity (Wildman–Crippen MR) is 67.5 cm³/mol. The third-order valence-corrected chi connectivity index (χ3v) is 3.97. The van der Waals surface area contributed by atoms with Crippen LogP contribution in [0.4, 0.5) is 10.1 Å². The van der Waals surface area contributed by atoms with Gasteiger partial charge in [-0.3, -0.25) is 4.79 Å². The first-order valence-electron chi connectivity index (χ1n) is 6.51. The molecule has 2 N–H and O–H groups in total. The van der Waals surface area contributed by atoms with Crippen molar-refractivity contribution in [1.29, 1.82) is 0 Å². The predicted octanol–water partition coefficient (Wildman–Crippen LogP) is 2.28. The van der Waals surface area contributed by atoms with Crippen LogP contribution in [0.1, 0.15) is 37.2 Å². The lowest BCUT2D eigenvalue weighted by atomic mass is 10.1. The van der Waals surface area contributed by atoms with Gasteiger partial charge >= 0.3 is 0 Å². The van der Waals surface area contributed by atoms with Crippen molar-refractivity contribution < 1.29 is 9.18 Å². The number of carbonyl (C=O) groups excluding carboxylic acids is 1. The van der Waals surface area contributed by atoms with E-state index in [9.17, 15) is 9.18 Å². The fraction of sp³-hybridized carbons (Fsp3) is 0.500. The van der Waals surface area contributed by atoms with Gasteiger partial charge in [-0.25, -0.2) is 4.39 Å². The second-order valence-corrected chi connectivity index (χ2v) is 5.23. The van der Waals surface area contributed by atoms with Crippen LogP contribution in [-0.4, -0.2) is 23.4 Å². The summed E-state index contributed by atoms with van der Waals surface area (Å²) in [7, 11) is 0. The summed E-state index contributed by atoms with van der Waals surface area (Å²) in [6.45, 7) is 0.872. The van der Waals surface area contributed by atoms with E-state index in [1.807, 2.05) is 4.90 Å². The number of halogens is 1. The molecule has 3 nitrogen and oxygen atoms in total. The number of rotatable bonds is 2. The third-order valence-electron chi connectivity index (χ3n) is 3.97. The van der Waals surface area contributed by atoms with Crippen LogP contribution in [0.3, 0.4) is 0 Å². The van der Waals surface area contributed by atoms with Crippen LogP contribution >= 0.6 is 0 Å². The quantitative estimate of drug-likeness (QED) is 0.816. The number of benzene rings is 1. The minimum atomic E-state index is -0.370. The maximum atomic E-state index is 13.1. The average molecular weight is 248 g/mol. The minimum absolute atomic E-state index is 0.197. The van der Waals surface area contributed by atoms with Crippen molar-refractivity contribution in [3.8, 4) is 0 Å². The molecule has 0 aromatic heterocycles. The van der Waals surface area contributed by atoms with Gasteiger partial charge in [0.15, 0.2) is 0 Å². The van der Waals surface area contributed by atoms with E-state index in [1.54, 1.807) is 12.1 Å². The average Bonchev–Trinajstić information content (AvgIpc) is 3.13. The molecule has 1 aromatic carbocycles. The first-order chi connectivity index (χ1) is 8.66. The molecule has 1 aliphatic heterocycles. The Hall–Kier alpha value is -1.58. The lowest BCUT2D eigenvalue weighted by molar-refractivity contribution is -0.133. The molecular formula is C14H17FN2O. The molecule has 1 heterocycles. The highest BCUT2D eigenvalue weighted by atomic mass is 19.1. The zero-order valence-corrected chi connectivity index (χ0v) is 10.2. The highest BCUT2D eigenvalue weighted by Gasteiger charge is 2.45. The lowest BCUT2D eigenvalue weighted by Gasteiger charge is -2.27. The molecule has 18 heavy (non-hydrogen) atoms. The second-order valence-electron chi connectivity index (χ2n) is 5.23. The number of hydrogen-bond acceptors (Lipinski definition) is 2. The second kappa shape index (κ2) is 4.26. The van der Waals surface area contributed by atoms with E-state index in [0.717, 1.165) is 31.4 Å². The summed E-state index contributed by atoms with van der Waals surface area (Å²) < 4.78 is 13.1. The first kappa shape index (κ1) is 11.5. The number of hydrogen-bond donors (Lipinski definition) is 1. The Morgan fingerprint density at radius 1 is 1.33 bits per heavy atom. The molecule has 2 aliphatic rings. The summed E-state index contributed by atoms with van der Waals surface area (Å²) in [6.07, 6.45) is 3.77. The van der Waals surface area contributed by atoms with Crippen LogP contribution in [0.15, 0.2) is 18.2 Å². The Morgan fingerprint density at radius 3 is 2.89 bits per heavy atom. The monoisotopic (exact) mass is 248 g/mol. The van der Waals surface area contributed by atoms with Crippen LogP contribution < -0.4 is 5.73 Å². The molecule has 1 aliphatic carbocycles. The van der Waals surface area contributed by atoms with Gasteiger partial charge in [0.25, 0.3) is 0 Å². The molecule has 3 rings (SSSR count). The van der Waals surface area contributed by atoms with Crippen molar-refractivity contribution in [1.82, 2.24) is 4.90 Å². The molecule has 1 amide bonds. The number of nitrogen functional groups attached to an aromatic ring is 1. The molecule has 2 fully saturated rings. The Balaban J connectivity index is 1.73. The van der Waals surface area contributed by atoms with Crippen molar-refractivity contribution in [3.63, 3.8) is 0 Å². The number of likely N-dealkylation sites (tertiary alicyclic amines) is 1. The molecule has 0 bridgehead atoms. The van der Waals surface area contributed by atoms with Crippen molar-refractivity contribution in [2.45, 2.75) is 37.6 Å². The molecule has 0 spiro atoms. The van der Waals surface area contributed by atoms with E-state index in [4.69, 9.17) is 5.73 Å². The van der Waals surface area contributed by atoms with Gasteiger partial charge in [-0.2, -0.15) is 0 Å². The summed E-state index contributed by atoms with van der Waals surface area (Å²) in [4.78, 5) is 13.8. The van der Waals surface area contributed by atoms with Gasteiger partial charge < -0.3 is 10.6 Å². The molecule has 1 aromatic rings. The van der Waals surface area contributed by atoms with Gasteiger partial charge in [-0.05, 0) is 37.0 Å². The first-order valence-corrected chi connectivity index (χ1v) is 6.51. The van der Waals surface area contributed by atoms with E-state index in [1.165, 1.54) is 6.07 Å². The number of amides is 1. The molecule has 1 saturated carbocycles. The Bertz CT molecular complexity index is 489. The van der Waals surface area contributed by atoms with Crippen molar-refractivity contribution in [2.75, 3.05) is 12.3 Å². The van der Waals surface area contributed by atoms with Gasteiger partial charge in [0.05, 0.1) is 5.69 Å². The topological polar surface area (TPSA) is 46.3 Å². The highest BCUT2D eigenvalue weighted by molar-refractivity contribution is 5.77. The highest BCUT2D eigenvalue weighted by Crippen LogP contribution is 2.46. The Kier molecular flexibility index (Phi) is 2.73. The van der Waals surface area contributed by atoms with Crippen LogP contribution in [0, 0.1) is 5.82 Å². The van der Waals surface area contributed by atoms with Crippen LogP contribution in [-0.2, 0) is 4.79 Å². The number of piperidine rings is 1. The maximum Gasteiger partial charge on any atom is 0.222 e. The van der Waals surface area contributed by atoms with E-state index in [0.29, 0.717) is 18.4 Å². The SMILES string of the molecule is Nc1cc(C2CC2N2CCCCC2=O)ccc1F. The molecule has 0 radical (unpaired) electrons. The summed E-state index contributed by atoms with van der Waals surface area (Å²) in [5.41, 5.74) is 6.83. The van der Waals surface area contributed by atoms with E-state index in [2.05, 4.69) is 0 Å². The number of nitrogens with two attached hydrogens (primary N) is 1. The van der Waals surface area contributed by atoms with Gasteiger partial charge in [0, 0.05) is 24.9 Å². The van der Waals surface area contributed by atoms with Gasteiger partial charge in [-0.15, -0.1) is 0 Å². The van der Waals surface area contributed by atoms with Crippen molar-refractivity contribution in [2.24, 2.45) is 0 Å². The smallest absolute Gasteiger partial charge is 0.222 e. The van der Waals surface area contributed by atoms with Crippen LogP contribution in [0.25, 0.3) is 0 Å². The molecule has 96 valence electrons. The fourth-order valence-corrected chi connectivity index (χ4v) is 2.85. The maximum absolute atomic E-state index is 13.1. The van der Waals surface area contributed by atoms with Crippen molar-refractivity contribution in [3.05, 3.63) is 29.6 Å². The number of nitrogens with zero attached hydrogens (tertiary/aromatic N) is 1. The minimum Gasteiger partial charge on any atom is -0.396 e. The molecular weight excluding hydrogens is 231 g/mol. The van der Waals surface area contributed by atoms with E-state index < -0.39 is 0 Å². The fourth-order valence-electron chi connectivity index (χ4n) is 2.85. The van der Waals surface area contributed by atoms with Gasteiger partial charge in [-0.1, -0.05) is 6.07 Å². The zero-order valence-electron chi connectivity index (χ0n) is 10.2. The third kappa shape index (κ3) is 1.96. The Morgan fingerprint density at radius 2 is 2.17 bits per heavy atom.